The van der Waals surface area contributed by atoms with E-state index in [1.165, 1.54) is 9.13 Å². The maximum absolute atomic E-state index is 6.24. The highest BCUT2D eigenvalue weighted by molar-refractivity contribution is 14.1. The monoisotopic (exact) mass is 479 g/mol. The molecule has 0 saturated heterocycles. The third-order valence-corrected chi connectivity index (χ3v) is 4.97. The number of hydrogen-bond donors (Lipinski definition) is 1. The predicted molar refractivity (Wildman–Crippen MR) is 100 cm³/mol. The van der Waals surface area contributed by atoms with Crippen molar-refractivity contribution in [1.29, 1.82) is 0 Å². The molecule has 0 radical (unpaired) electrons. The Kier molecular flexibility index (Phi) is 6.34. The Morgan fingerprint density at radius 2 is 2.00 bits per heavy atom. The van der Waals surface area contributed by atoms with Crippen molar-refractivity contribution in [2.45, 2.75) is 13.0 Å². The van der Waals surface area contributed by atoms with Crippen molar-refractivity contribution >= 4 is 50.1 Å². The molecule has 1 atom stereocenters. The molecule has 1 unspecified atom stereocenters. The standard InChI is InChI=1S/C16H16BrClINO/c1-3-20-15(11-6-4-5-7-14(11)19)12-8-10(18)9-13(17)16(12)21-2/h4-9,15,20H,3H2,1-2H3. The van der Waals surface area contributed by atoms with Crippen molar-refractivity contribution in [3.05, 3.63) is 60.6 Å². The Balaban J connectivity index is 2.61. The van der Waals surface area contributed by atoms with Gasteiger partial charge < -0.3 is 10.1 Å². The molecule has 0 aliphatic carbocycles. The summed E-state index contributed by atoms with van der Waals surface area (Å²) in [7, 11) is 1.68. The predicted octanol–water partition coefficient (Wildman–Crippen LogP) is 5.41. The second kappa shape index (κ2) is 7.81. The van der Waals surface area contributed by atoms with E-state index in [9.17, 15) is 0 Å². The lowest BCUT2D eigenvalue weighted by Gasteiger charge is -2.23. The van der Waals surface area contributed by atoms with Crippen LogP contribution in [0.2, 0.25) is 5.02 Å². The molecule has 0 saturated carbocycles. The van der Waals surface area contributed by atoms with Gasteiger partial charge in [0.2, 0.25) is 0 Å². The molecule has 2 aromatic rings. The van der Waals surface area contributed by atoms with E-state index in [0.717, 1.165) is 22.3 Å². The van der Waals surface area contributed by atoms with Gasteiger partial charge in [0.05, 0.1) is 17.6 Å². The van der Waals surface area contributed by atoms with E-state index in [0.29, 0.717) is 5.02 Å². The molecule has 0 fully saturated rings. The van der Waals surface area contributed by atoms with Crippen LogP contribution in [0.1, 0.15) is 24.1 Å². The van der Waals surface area contributed by atoms with E-state index in [-0.39, 0.29) is 6.04 Å². The number of hydrogen-bond acceptors (Lipinski definition) is 2. The number of rotatable bonds is 5. The average Bonchev–Trinajstić information content (AvgIpc) is 2.45. The summed E-state index contributed by atoms with van der Waals surface area (Å²) in [6.45, 7) is 2.94. The molecule has 112 valence electrons. The fourth-order valence-electron chi connectivity index (χ4n) is 2.31. The second-order valence-electron chi connectivity index (χ2n) is 4.52. The van der Waals surface area contributed by atoms with Crippen LogP contribution in [0.15, 0.2) is 40.9 Å². The number of ether oxygens (including phenoxy) is 1. The van der Waals surface area contributed by atoms with Crippen LogP contribution in [-0.2, 0) is 0 Å². The highest BCUT2D eigenvalue weighted by Gasteiger charge is 2.21. The van der Waals surface area contributed by atoms with E-state index in [1.807, 2.05) is 24.3 Å². The Morgan fingerprint density at radius 3 is 2.62 bits per heavy atom. The average molecular weight is 481 g/mol. The molecular weight excluding hydrogens is 464 g/mol. The van der Waals surface area contributed by atoms with Crippen LogP contribution in [0, 0.1) is 3.57 Å². The fraction of sp³-hybridized carbons (Fsp3) is 0.250. The van der Waals surface area contributed by atoms with Crippen LogP contribution in [0.4, 0.5) is 0 Å². The largest absolute Gasteiger partial charge is 0.495 e. The van der Waals surface area contributed by atoms with Gasteiger partial charge in [-0.3, -0.25) is 0 Å². The summed E-state index contributed by atoms with van der Waals surface area (Å²) in [5, 5.41) is 4.21. The van der Waals surface area contributed by atoms with Gasteiger partial charge in [-0.15, -0.1) is 0 Å². The van der Waals surface area contributed by atoms with Crippen molar-refractivity contribution < 1.29 is 4.74 Å². The Morgan fingerprint density at radius 1 is 1.29 bits per heavy atom. The van der Waals surface area contributed by atoms with E-state index < -0.39 is 0 Å². The van der Waals surface area contributed by atoms with Crippen LogP contribution in [-0.4, -0.2) is 13.7 Å². The maximum Gasteiger partial charge on any atom is 0.138 e. The Hall–Kier alpha value is -0.300. The molecular formula is C16H16BrClINO. The van der Waals surface area contributed by atoms with Crippen molar-refractivity contribution in [2.24, 2.45) is 0 Å². The summed E-state index contributed by atoms with van der Waals surface area (Å²) >= 11 is 12.1. The van der Waals surface area contributed by atoms with Crippen LogP contribution in [0.25, 0.3) is 0 Å². The summed E-state index contributed by atoms with van der Waals surface area (Å²) < 4.78 is 7.64. The van der Waals surface area contributed by atoms with Gasteiger partial charge in [0, 0.05) is 14.2 Å². The van der Waals surface area contributed by atoms with Gasteiger partial charge in [-0.2, -0.15) is 0 Å². The molecule has 0 aromatic heterocycles. The van der Waals surface area contributed by atoms with Crippen LogP contribution < -0.4 is 10.1 Å². The number of benzene rings is 2. The molecule has 5 heteroatoms. The lowest BCUT2D eigenvalue weighted by atomic mass is 9.97. The first-order valence-electron chi connectivity index (χ1n) is 6.59. The van der Waals surface area contributed by atoms with E-state index in [4.69, 9.17) is 16.3 Å². The maximum atomic E-state index is 6.24. The zero-order valence-electron chi connectivity index (χ0n) is 11.8. The van der Waals surface area contributed by atoms with Crippen molar-refractivity contribution in [1.82, 2.24) is 5.32 Å². The third-order valence-electron chi connectivity index (χ3n) is 3.18. The summed E-state index contributed by atoms with van der Waals surface area (Å²) in [5.74, 6) is 0.810. The smallest absolute Gasteiger partial charge is 0.138 e. The summed E-state index contributed by atoms with van der Waals surface area (Å²) in [5.41, 5.74) is 2.25. The second-order valence-corrected chi connectivity index (χ2v) is 6.98. The molecule has 0 aliphatic rings. The third kappa shape index (κ3) is 3.92. The van der Waals surface area contributed by atoms with E-state index in [1.54, 1.807) is 7.11 Å². The lowest BCUT2D eigenvalue weighted by Crippen LogP contribution is -2.23. The summed E-state index contributed by atoms with van der Waals surface area (Å²) in [6.07, 6.45) is 0. The van der Waals surface area contributed by atoms with Crippen LogP contribution in [0.5, 0.6) is 5.75 Å². The van der Waals surface area contributed by atoms with Gasteiger partial charge in [0.15, 0.2) is 0 Å². The van der Waals surface area contributed by atoms with Gasteiger partial charge >= 0.3 is 0 Å². The fourth-order valence-corrected chi connectivity index (χ4v) is 4.01. The lowest BCUT2D eigenvalue weighted by molar-refractivity contribution is 0.401. The minimum absolute atomic E-state index is 0.0352. The zero-order valence-corrected chi connectivity index (χ0v) is 16.3. The Labute approximate surface area is 152 Å². The minimum Gasteiger partial charge on any atom is -0.495 e. The normalized spacial score (nSPS) is 12.2. The molecule has 21 heavy (non-hydrogen) atoms. The molecule has 2 aromatic carbocycles. The topological polar surface area (TPSA) is 21.3 Å². The first-order valence-corrected chi connectivity index (χ1v) is 8.84. The quantitative estimate of drug-likeness (QED) is 0.578. The highest BCUT2D eigenvalue weighted by Crippen LogP contribution is 2.39. The number of nitrogens with one attached hydrogen (secondary N) is 1. The van der Waals surface area contributed by atoms with E-state index >= 15 is 0 Å². The van der Waals surface area contributed by atoms with Crippen molar-refractivity contribution in [3.63, 3.8) is 0 Å². The molecule has 0 aliphatic heterocycles. The first kappa shape index (κ1) is 17.1. The number of methoxy groups -OCH3 is 1. The van der Waals surface area contributed by atoms with Gasteiger partial charge in [-0.1, -0.05) is 36.7 Å². The van der Waals surface area contributed by atoms with Crippen LogP contribution in [0.3, 0.4) is 0 Å². The van der Waals surface area contributed by atoms with E-state index in [2.05, 4.69) is 62.9 Å². The molecule has 0 heterocycles. The number of halogens is 3. The zero-order chi connectivity index (χ0) is 15.4. The SMILES string of the molecule is CCNC(c1ccccc1I)c1cc(Cl)cc(Br)c1OC. The van der Waals surface area contributed by atoms with Gasteiger partial charge in [-0.05, 0) is 68.8 Å². The first-order chi connectivity index (χ1) is 10.1. The van der Waals surface area contributed by atoms with Gasteiger partial charge in [0.25, 0.3) is 0 Å². The molecule has 0 bridgehead atoms. The van der Waals surface area contributed by atoms with Crippen LogP contribution >= 0.6 is 50.1 Å². The van der Waals surface area contributed by atoms with Gasteiger partial charge in [-0.25, -0.2) is 0 Å². The van der Waals surface area contributed by atoms with Gasteiger partial charge in [0.1, 0.15) is 5.75 Å². The molecule has 1 N–H and O–H groups in total. The minimum atomic E-state index is 0.0352. The van der Waals surface area contributed by atoms with Crippen molar-refractivity contribution in [3.8, 4) is 5.75 Å². The highest BCUT2D eigenvalue weighted by atomic mass is 127. The summed E-state index contributed by atoms with van der Waals surface area (Å²) in [6, 6.07) is 12.2. The molecule has 2 nitrogen and oxygen atoms in total. The molecule has 0 amide bonds. The van der Waals surface area contributed by atoms with Crippen molar-refractivity contribution in [2.75, 3.05) is 13.7 Å². The summed E-state index contributed by atoms with van der Waals surface area (Å²) in [4.78, 5) is 0. The molecule has 0 spiro atoms. The Bertz CT molecular complexity index is 636. The molecule has 2 rings (SSSR count).